The first kappa shape index (κ1) is 15.9. The van der Waals surface area contributed by atoms with Gasteiger partial charge in [-0.2, -0.15) is 0 Å². The van der Waals surface area contributed by atoms with Crippen molar-refractivity contribution in [3.63, 3.8) is 0 Å². The second-order valence-corrected chi connectivity index (χ2v) is 7.32. The van der Waals surface area contributed by atoms with Gasteiger partial charge in [-0.25, -0.2) is 4.39 Å². The van der Waals surface area contributed by atoms with Gasteiger partial charge in [0.2, 0.25) is 0 Å². The molecule has 2 heterocycles. The average molecular weight is 369 g/mol. The molecule has 0 radical (unpaired) electrons. The number of amides is 1. The summed E-state index contributed by atoms with van der Waals surface area (Å²) < 4.78 is 14.7. The topological polar surface area (TPSA) is 23.6 Å². The molecule has 3 rings (SSSR count). The van der Waals surface area contributed by atoms with Crippen LogP contribution in [0.15, 0.2) is 22.7 Å². The molecule has 0 N–H and O–H groups in total. The van der Waals surface area contributed by atoms with Gasteiger partial charge in [0, 0.05) is 29.6 Å². The number of hydrogen-bond donors (Lipinski definition) is 0. The highest BCUT2D eigenvalue weighted by Crippen LogP contribution is 2.26. The fraction of sp³-hybridized carbons (Fsp3) is 0.588. The fourth-order valence-electron chi connectivity index (χ4n) is 3.65. The Balaban J connectivity index is 1.73. The van der Waals surface area contributed by atoms with E-state index in [2.05, 4.69) is 27.8 Å². The van der Waals surface area contributed by atoms with Crippen LogP contribution in [0.3, 0.4) is 0 Å². The van der Waals surface area contributed by atoms with E-state index >= 15 is 0 Å². The van der Waals surface area contributed by atoms with Crippen LogP contribution in [0.25, 0.3) is 0 Å². The van der Waals surface area contributed by atoms with Crippen LogP contribution in [-0.4, -0.2) is 47.4 Å². The van der Waals surface area contributed by atoms with Crippen molar-refractivity contribution in [2.45, 2.75) is 44.7 Å². The van der Waals surface area contributed by atoms with E-state index in [1.807, 2.05) is 4.90 Å². The normalized spacial score (nSPS) is 25.9. The first-order chi connectivity index (χ1) is 10.6. The molecule has 2 fully saturated rings. The summed E-state index contributed by atoms with van der Waals surface area (Å²) in [6, 6.07) is 5.48. The number of carbonyl (C=O) groups excluding carboxylic acids is 1. The SMILES string of the molecule is C[C@H]1CCCN1C[C@@H]1CCCN1C(=O)c1ccc(Br)cc1F. The minimum absolute atomic E-state index is 0.167. The summed E-state index contributed by atoms with van der Waals surface area (Å²) in [5.74, 6) is -0.612. The van der Waals surface area contributed by atoms with Crippen LogP contribution in [-0.2, 0) is 0 Å². The molecule has 0 aromatic heterocycles. The Morgan fingerprint density at radius 3 is 2.77 bits per heavy atom. The third-order valence-electron chi connectivity index (χ3n) is 4.94. The number of benzene rings is 1. The molecule has 0 spiro atoms. The van der Waals surface area contributed by atoms with Gasteiger partial charge in [0.25, 0.3) is 5.91 Å². The van der Waals surface area contributed by atoms with Crippen molar-refractivity contribution in [1.82, 2.24) is 9.80 Å². The van der Waals surface area contributed by atoms with Gasteiger partial charge in [0.15, 0.2) is 0 Å². The van der Waals surface area contributed by atoms with Gasteiger partial charge in [0.05, 0.1) is 5.56 Å². The third kappa shape index (κ3) is 3.20. The van der Waals surface area contributed by atoms with Crippen LogP contribution in [0.5, 0.6) is 0 Å². The lowest BCUT2D eigenvalue weighted by Gasteiger charge is -2.31. The molecule has 0 aliphatic carbocycles. The molecule has 1 aromatic rings. The Hall–Kier alpha value is -0.940. The van der Waals surface area contributed by atoms with Crippen LogP contribution in [0.1, 0.15) is 43.0 Å². The van der Waals surface area contributed by atoms with Gasteiger partial charge in [-0.05, 0) is 57.4 Å². The van der Waals surface area contributed by atoms with Crippen molar-refractivity contribution >= 4 is 21.8 Å². The van der Waals surface area contributed by atoms with Crippen molar-refractivity contribution in [2.75, 3.05) is 19.6 Å². The monoisotopic (exact) mass is 368 g/mol. The molecule has 2 atom stereocenters. The highest BCUT2D eigenvalue weighted by Gasteiger charge is 2.33. The number of hydrogen-bond acceptors (Lipinski definition) is 2. The van der Waals surface area contributed by atoms with Gasteiger partial charge >= 0.3 is 0 Å². The predicted octanol–water partition coefficient (Wildman–Crippen LogP) is 3.68. The number of likely N-dealkylation sites (tertiary alicyclic amines) is 2. The maximum absolute atomic E-state index is 14.1. The zero-order valence-corrected chi connectivity index (χ0v) is 14.5. The van der Waals surface area contributed by atoms with Gasteiger partial charge in [-0.1, -0.05) is 15.9 Å². The molecular formula is C17H22BrFN2O. The Morgan fingerprint density at radius 2 is 2.09 bits per heavy atom. The maximum atomic E-state index is 14.1. The third-order valence-corrected chi connectivity index (χ3v) is 5.43. The van der Waals surface area contributed by atoms with E-state index in [1.165, 1.54) is 18.9 Å². The van der Waals surface area contributed by atoms with E-state index < -0.39 is 5.82 Å². The minimum Gasteiger partial charge on any atom is -0.334 e. The lowest BCUT2D eigenvalue weighted by atomic mass is 10.1. The van der Waals surface area contributed by atoms with Crippen molar-refractivity contribution in [3.8, 4) is 0 Å². The molecule has 3 nitrogen and oxygen atoms in total. The van der Waals surface area contributed by atoms with E-state index in [9.17, 15) is 9.18 Å². The van der Waals surface area contributed by atoms with E-state index in [0.717, 1.165) is 32.5 Å². The summed E-state index contributed by atoms with van der Waals surface area (Å²) in [5, 5.41) is 0. The average Bonchev–Trinajstić information content (AvgIpc) is 3.09. The number of halogens is 2. The largest absolute Gasteiger partial charge is 0.334 e. The Labute approximate surface area is 139 Å². The van der Waals surface area contributed by atoms with E-state index in [-0.39, 0.29) is 17.5 Å². The molecule has 5 heteroatoms. The van der Waals surface area contributed by atoms with E-state index in [1.54, 1.807) is 12.1 Å². The second-order valence-electron chi connectivity index (χ2n) is 6.40. The molecule has 120 valence electrons. The highest BCUT2D eigenvalue weighted by atomic mass is 79.9. The molecule has 2 aliphatic rings. The first-order valence-electron chi connectivity index (χ1n) is 8.06. The summed E-state index contributed by atoms with van der Waals surface area (Å²) in [4.78, 5) is 17.0. The van der Waals surface area contributed by atoms with Gasteiger partial charge in [0.1, 0.15) is 5.82 Å². The van der Waals surface area contributed by atoms with Crippen molar-refractivity contribution in [3.05, 3.63) is 34.1 Å². The predicted molar refractivity (Wildman–Crippen MR) is 88.4 cm³/mol. The Bertz CT molecular complexity index is 566. The van der Waals surface area contributed by atoms with Crippen LogP contribution in [0.4, 0.5) is 4.39 Å². The summed E-state index contributed by atoms with van der Waals surface area (Å²) >= 11 is 3.23. The van der Waals surface area contributed by atoms with Crippen LogP contribution in [0, 0.1) is 5.82 Å². The van der Waals surface area contributed by atoms with Crippen molar-refractivity contribution < 1.29 is 9.18 Å². The molecule has 2 aliphatic heterocycles. The van der Waals surface area contributed by atoms with Gasteiger partial charge < -0.3 is 4.90 Å². The van der Waals surface area contributed by atoms with E-state index in [0.29, 0.717) is 10.5 Å². The van der Waals surface area contributed by atoms with Crippen molar-refractivity contribution in [2.24, 2.45) is 0 Å². The zero-order valence-electron chi connectivity index (χ0n) is 12.9. The zero-order chi connectivity index (χ0) is 15.7. The van der Waals surface area contributed by atoms with Crippen LogP contribution < -0.4 is 0 Å². The summed E-state index contributed by atoms with van der Waals surface area (Å²) in [7, 11) is 0. The number of carbonyl (C=O) groups is 1. The highest BCUT2D eigenvalue weighted by molar-refractivity contribution is 9.10. The summed E-state index contributed by atoms with van der Waals surface area (Å²) in [5.41, 5.74) is 0.185. The molecule has 0 saturated carbocycles. The lowest BCUT2D eigenvalue weighted by Crippen LogP contribution is -2.44. The van der Waals surface area contributed by atoms with E-state index in [4.69, 9.17) is 0 Å². The maximum Gasteiger partial charge on any atom is 0.257 e. The fourth-order valence-corrected chi connectivity index (χ4v) is 3.98. The Kier molecular flexibility index (Phi) is 4.83. The minimum atomic E-state index is -0.445. The second kappa shape index (κ2) is 6.67. The number of nitrogens with zero attached hydrogens (tertiary/aromatic N) is 2. The molecule has 1 aromatic carbocycles. The molecule has 2 saturated heterocycles. The smallest absolute Gasteiger partial charge is 0.257 e. The van der Waals surface area contributed by atoms with Gasteiger partial charge in [-0.15, -0.1) is 0 Å². The van der Waals surface area contributed by atoms with Gasteiger partial charge in [-0.3, -0.25) is 9.69 Å². The quantitative estimate of drug-likeness (QED) is 0.812. The number of rotatable bonds is 3. The lowest BCUT2D eigenvalue weighted by molar-refractivity contribution is 0.0692. The Morgan fingerprint density at radius 1 is 1.32 bits per heavy atom. The molecule has 22 heavy (non-hydrogen) atoms. The summed E-state index contributed by atoms with van der Waals surface area (Å²) in [6.07, 6.45) is 4.51. The van der Waals surface area contributed by atoms with Crippen LogP contribution in [0.2, 0.25) is 0 Å². The standard InChI is InChI=1S/C17H22BrFN2O/c1-12-4-2-8-20(12)11-14-5-3-9-21(14)17(22)15-7-6-13(18)10-16(15)19/h6-7,10,12,14H,2-5,8-9,11H2,1H3/t12-,14-/m0/s1. The van der Waals surface area contributed by atoms with Crippen LogP contribution >= 0.6 is 15.9 Å². The van der Waals surface area contributed by atoms with Crippen molar-refractivity contribution in [1.29, 1.82) is 0 Å². The molecule has 0 unspecified atom stereocenters. The molecule has 0 bridgehead atoms. The molecular weight excluding hydrogens is 347 g/mol. The molecule has 1 amide bonds. The summed E-state index contributed by atoms with van der Waals surface area (Å²) in [6.45, 7) is 5.03. The first-order valence-corrected chi connectivity index (χ1v) is 8.85.